The maximum Gasteiger partial charge on any atom is 0.236 e. The molecule has 2 aliphatic rings. The molecule has 1 aromatic carbocycles. The molecule has 0 aliphatic carbocycles. The molecule has 1 aromatic rings. The van der Waals surface area contributed by atoms with Gasteiger partial charge in [-0.25, -0.2) is 4.39 Å². The van der Waals surface area contributed by atoms with E-state index in [1.54, 1.807) is 12.1 Å². The molecule has 5 nitrogen and oxygen atoms in total. The first-order valence-electron chi connectivity index (χ1n) is 11.6. The van der Waals surface area contributed by atoms with Crippen molar-refractivity contribution < 1.29 is 9.18 Å². The summed E-state index contributed by atoms with van der Waals surface area (Å²) in [6, 6.07) is 7.07. The number of benzene rings is 1. The van der Waals surface area contributed by atoms with E-state index in [1.165, 1.54) is 19.3 Å². The zero-order chi connectivity index (χ0) is 21.3. The Morgan fingerprint density at radius 1 is 1.03 bits per heavy atom. The van der Waals surface area contributed by atoms with Crippen LogP contribution < -0.4 is 0 Å². The Bertz CT molecular complexity index is 662. The van der Waals surface area contributed by atoms with Gasteiger partial charge in [0.15, 0.2) is 0 Å². The van der Waals surface area contributed by atoms with Crippen molar-refractivity contribution in [3.63, 3.8) is 0 Å². The van der Waals surface area contributed by atoms with Crippen LogP contribution in [0.3, 0.4) is 0 Å². The Morgan fingerprint density at radius 2 is 1.77 bits per heavy atom. The van der Waals surface area contributed by atoms with Crippen molar-refractivity contribution in [2.24, 2.45) is 5.92 Å². The van der Waals surface area contributed by atoms with Crippen LogP contribution in [0.25, 0.3) is 0 Å². The number of halogens is 1. The fraction of sp³-hybridized carbons (Fsp3) is 0.708. The van der Waals surface area contributed by atoms with Gasteiger partial charge in [-0.15, -0.1) is 0 Å². The molecule has 0 unspecified atom stereocenters. The standard InChI is InChI=1S/C24H39FN4O/c1-26(2)15-16-29(24(30)20-27-12-6-3-7-13-27)18-21-9-8-14-28(17-21)19-22-10-4-5-11-23(22)25/h4-5,10-11,21H,3,6-9,12-20H2,1-2H3/t21-/m1/s1. The summed E-state index contributed by atoms with van der Waals surface area (Å²) in [5.74, 6) is 0.604. The van der Waals surface area contributed by atoms with E-state index < -0.39 is 0 Å². The average molecular weight is 419 g/mol. The zero-order valence-corrected chi connectivity index (χ0v) is 18.9. The maximum atomic E-state index is 14.1. The number of likely N-dealkylation sites (N-methyl/N-ethyl adjacent to an activating group) is 1. The summed E-state index contributed by atoms with van der Waals surface area (Å²) >= 11 is 0. The van der Waals surface area contributed by atoms with E-state index in [2.05, 4.69) is 33.7 Å². The van der Waals surface area contributed by atoms with Crippen LogP contribution in [0, 0.1) is 11.7 Å². The zero-order valence-electron chi connectivity index (χ0n) is 18.9. The molecular weight excluding hydrogens is 379 g/mol. The highest BCUT2D eigenvalue weighted by Crippen LogP contribution is 2.21. The molecule has 2 fully saturated rings. The summed E-state index contributed by atoms with van der Waals surface area (Å²) in [7, 11) is 4.12. The van der Waals surface area contributed by atoms with Gasteiger partial charge in [-0.3, -0.25) is 14.6 Å². The van der Waals surface area contributed by atoms with Crippen molar-refractivity contribution in [1.82, 2.24) is 19.6 Å². The molecule has 3 rings (SSSR count). The minimum Gasteiger partial charge on any atom is -0.340 e. The highest BCUT2D eigenvalue weighted by atomic mass is 19.1. The summed E-state index contributed by atoms with van der Waals surface area (Å²) < 4.78 is 14.1. The number of likely N-dealkylation sites (tertiary alicyclic amines) is 2. The topological polar surface area (TPSA) is 30.0 Å². The number of nitrogens with zero attached hydrogens (tertiary/aromatic N) is 4. The number of carbonyl (C=O) groups excluding carboxylic acids is 1. The maximum absolute atomic E-state index is 14.1. The van der Waals surface area contributed by atoms with Gasteiger partial charge in [0.25, 0.3) is 0 Å². The molecule has 1 amide bonds. The van der Waals surface area contributed by atoms with E-state index in [0.717, 1.165) is 64.2 Å². The molecule has 0 radical (unpaired) electrons. The Morgan fingerprint density at radius 3 is 2.50 bits per heavy atom. The molecule has 0 aromatic heterocycles. The van der Waals surface area contributed by atoms with Crippen LogP contribution >= 0.6 is 0 Å². The number of piperidine rings is 2. The fourth-order valence-corrected chi connectivity index (χ4v) is 4.67. The van der Waals surface area contributed by atoms with Crippen LogP contribution in [0.4, 0.5) is 4.39 Å². The monoisotopic (exact) mass is 418 g/mol. The molecule has 1 atom stereocenters. The summed E-state index contributed by atoms with van der Waals surface area (Å²) in [6.45, 7) is 7.73. The van der Waals surface area contributed by atoms with E-state index in [9.17, 15) is 9.18 Å². The lowest BCUT2D eigenvalue weighted by Gasteiger charge is -2.37. The number of amides is 1. The van der Waals surface area contributed by atoms with Crippen molar-refractivity contribution in [2.75, 3.05) is 66.5 Å². The van der Waals surface area contributed by atoms with Gasteiger partial charge in [-0.05, 0) is 71.4 Å². The smallest absolute Gasteiger partial charge is 0.236 e. The largest absolute Gasteiger partial charge is 0.340 e. The third-order valence-electron chi connectivity index (χ3n) is 6.41. The van der Waals surface area contributed by atoms with Gasteiger partial charge >= 0.3 is 0 Å². The van der Waals surface area contributed by atoms with Gasteiger partial charge in [-0.2, -0.15) is 0 Å². The van der Waals surface area contributed by atoms with E-state index in [4.69, 9.17) is 0 Å². The summed E-state index contributed by atoms with van der Waals surface area (Å²) in [5.41, 5.74) is 0.767. The van der Waals surface area contributed by atoms with Gasteiger partial charge < -0.3 is 9.80 Å². The number of rotatable bonds is 9. The van der Waals surface area contributed by atoms with Crippen molar-refractivity contribution >= 4 is 5.91 Å². The first-order chi connectivity index (χ1) is 14.5. The van der Waals surface area contributed by atoms with Crippen molar-refractivity contribution in [2.45, 2.75) is 38.6 Å². The first-order valence-corrected chi connectivity index (χ1v) is 11.6. The van der Waals surface area contributed by atoms with Crippen LogP contribution in [-0.4, -0.2) is 92.0 Å². The molecule has 0 N–H and O–H groups in total. The molecular formula is C24H39FN4O. The number of carbonyl (C=O) groups is 1. The van der Waals surface area contributed by atoms with Crippen LogP contribution in [-0.2, 0) is 11.3 Å². The summed E-state index contributed by atoms with van der Waals surface area (Å²) in [4.78, 5) is 22.0. The van der Waals surface area contributed by atoms with Crippen molar-refractivity contribution in [3.05, 3.63) is 35.6 Å². The van der Waals surface area contributed by atoms with Gasteiger partial charge in [0.2, 0.25) is 5.91 Å². The Kier molecular flexibility index (Phi) is 9.09. The lowest BCUT2D eigenvalue weighted by atomic mass is 9.96. The fourth-order valence-electron chi connectivity index (χ4n) is 4.67. The minimum absolute atomic E-state index is 0.121. The van der Waals surface area contributed by atoms with Gasteiger partial charge in [0.1, 0.15) is 5.82 Å². The molecule has 0 spiro atoms. The van der Waals surface area contributed by atoms with E-state index in [1.807, 2.05) is 12.1 Å². The highest BCUT2D eigenvalue weighted by molar-refractivity contribution is 5.78. The molecule has 6 heteroatoms. The van der Waals surface area contributed by atoms with Gasteiger partial charge in [-0.1, -0.05) is 24.6 Å². The van der Waals surface area contributed by atoms with Crippen LogP contribution in [0.2, 0.25) is 0 Å². The Balaban J connectivity index is 1.56. The summed E-state index contributed by atoms with van der Waals surface area (Å²) in [6.07, 6.45) is 5.95. The second-order valence-corrected chi connectivity index (χ2v) is 9.31. The second-order valence-electron chi connectivity index (χ2n) is 9.31. The van der Waals surface area contributed by atoms with Crippen LogP contribution in [0.15, 0.2) is 24.3 Å². The highest BCUT2D eigenvalue weighted by Gasteiger charge is 2.26. The number of hydrogen-bond acceptors (Lipinski definition) is 4. The molecule has 0 saturated carbocycles. The Hall–Kier alpha value is -1.50. The second kappa shape index (κ2) is 11.8. The minimum atomic E-state index is -0.121. The lowest BCUT2D eigenvalue weighted by molar-refractivity contribution is -0.133. The van der Waals surface area contributed by atoms with Crippen LogP contribution in [0.5, 0.6) is 0 Å². The summed E-state index contributed by atoms with van der Waals surface area (Å²) in [5, 5.41) is 0. The Labute approximate surface area is 181 Å². The molecule has 2 saturated heterocycles. The third kappa shape index (κ3) is 7.33. The molecule has 2 heterocycles. The van der Waals surface area contributed by atoms with E-state index in [0.29, 0.717) is 19.0 Å². The SMILES string of the molecule is CN(C)CCN(C[C@@H]1CCCN(Cc2ccccc2F)C1)C(=O)CN1CCCCC1. The molecule has 0 bridgehead atoms. The quantitative estimate of drug-likeness (QED) is 0.617. The number of hydrogen-bond donors (Lipinski definition) is 0. The lowest BCUT2D eigenvalue weighted by Crippen LogP contribution is -2.48. The van der Waals surface area contributed by atoms with E-state index in [-0.39, 0.29) is 11.7 Å². The molecule has 2 aliphatic heterocycles. The predicted molar refractivity (Wildman–Crippen MR) is 120 cm³/mol. The van der Waals surface area contributed by atoms with Crippen molar-refractivity contribution in [3.8, 4) is 0 Å². The normalized spacial score (nSPS) is 21.1. The first kappa shape index (κ1) is 23.2. The van der Waals surface area contributed by atoms with Gasteiger partial charge in [0, 0.05) is 38.3 Å². The van der Waals surface area contributed by atoms with Crippen LogP contribution in [0.1, 0.15) is 37.7 Å². The third-order valence-corrected chi connectivity index (χ3v) is 6.41. The molecule has 168 valence electrons. The van der Waals surface area contributed by atoms with Gasteiger partial charge in [0.05, 0.1) is 6.54 Å². The predicted octanol–water partition coefficient (Wildman–Crippen LogP) is 2.91. The average Bonchev–Trinajstić information content (AvgIpc) is 2.73. The van der Waals surface area contributed by atoms with E-state index >= 15 is 0 Å². The molecule has 30 heavy (non-hydrogen) atoms. The van der Waals surface area contributed by atoms with Crippen molar-refractivity contribution in [1.29, 1.82) is 0 Å².